The molecule has 3 nitrogen and oxygen atoms in total. The smallest absolute Gasteiger partial charge is 0.143 e. The van der Waals surface area contributed by atoms with Crippen molar-refractivity contribution in [2.24, 2.45) is 0 Å². The highest BCUT2D eigenvalue weighted by molar-refractivity contribution is 4.95. The maximum absolute atomic E-state index is 9.44. The Morgan fingerprint density at radius 1 is 1.75 bits per heavy atom. The van der Waals surface area contributed by atoms with E-state index in [2.05, 4.69) is 4.89 Å². The molecule has 0 unspecified atom stereocenters. The molecule has 1 heterocycles. The third-order valence-corrected chi connectivity index (χ3v) is 0.781. The maximum Gasteiger partial charge on any atom is 0.143 e. The van der Waals surface area contributed by atoms with Gasteiger partial charge in [-0.3, -0.25) is 0 Å². The fourth-order valence-electron chi connectivity index (χ4n) is 0.453. The normalized spacial score (nSPS) is 9.62. The van der Waals surface area contributed by atoms with Gasteiger partial charge in [-0.1, -0.05) is 0 Å². The van der Waals surface area contributed by atoms with Crippen molar-refractivity contribution in [3.63, 3.8) is 0 Å². The molecule has 0 saturated heterocycles. The van der Waals surface area contributed by atoms with E-state index in [0.717, 1.165) is 0 Å². The summed E-state index contributed by atoms with van der Waals surface area (Å²) in [5.74, 6) is 0.556. The number of furan rings is 1. The maximum atomic E-state index is 9.44. The molecule has 0 aliphatic rings. The van der Waals surface area contributed by atoms with Crippen LogP contribution in [0.15, 0.2) is 22.8 Å². The van der Waals surface area contributed by atoms with Crippen LogP contribution in [0.25, 0.3) is 0 Å². The molecule has 1 radical (unpaired) electrons. The number of hydrogen-bond acceptors (Lipinski definition) is 2. The molecule has 0 fully saturated rings. The zero-order valence-corrected chi connectivity index (χ0v) is 4.16. The zero-order valence-electron chi connectivity index (χ0n) is 4.16. The number of rotatable bonds is 2. The minimum absolute atomic E-state index is 0.00694. The predicted molar refractivity (Wildman–Crippen MR) is 24.2 cm³/mol. The summed E-state index contributed by atoms with van der Waals surface area (Å²) in [6.45, 7) is 0.00694. The molecule has 0 aromatic carbocycles. The van der Waals surface area contributed by atoms with Crippen molar-refractivity contribution < 1.29 is 14.6 Å². The Labute approximate surface area is 46.4 Å². The van der Waals surface area contributed by atoms with Crippen molar-refractivity contribution in [3.8, 4) is 0 Å². The highest BCUT2D eigenvalue weighted by Crippen LogP contribution is 1.99. The first-order valence-electron chi connectivity index (χ1n) is 2.20. The highest BCUT2D eigenvalue weighted by atomic mass is 17.1. The molecular weight excluding hydrogens is 108 g/mol. The van der Waals surface area contributed by atoms with E-state index in [4.69, 9.17) is 4.42 Å². The molecule has 0 spiro atoms. The van der Waals surface area contributed by atoms with Crippen molar-refractivity contribution in [1.82, 2.24) is 0 Å². The van der Waals surface area contributed by atoms with E-state index < -0.39 is 0 Å². The molecule has 0 aliphatic heterocycles. The van der Waals surface area contributed by atoms with Gasteiger partial charge in [-0.15, -0.1) is 0 Å². The summed E-state index contributed by atoms with van der Waals surface area (Å²) in [7, 11) is 0. The van der Waals surface area contributed by atoms with Crippen LogP contribution >= 0.6 is 0 Å². The van der Waals surface area contributed by atoms with Gasteiger partial charge in [0.25, 0.3) is 0 Å². The average Bonchev–Trinajstić information content (AvgIpc) is 2.19. The van der Waals surface area contributed by atoms with Gasteiger partial charge in [0.05, 0.1) is 6.26 Å². The van der Waals surface area contributed by atoms with Gasteiger partial charge in [-0.2, -0.15) is 4.89 Å². The minimum atomic E-state index is 0.00694. The molecule has 43 valence electrons. The summed E-state index contributed by atoms with van der Waals surface area (Å²) < 4.78 is 4.75. The Balaban J connectivity index is 2.50. The van der Waals surface area contributed by atoms with Gasteiger partial charge in [-0.05, 0) is 17.4 Å². The molecule has 1 aromatic heterocycles. The molecule has 0 bridgehead atoms. The third-order valence-electron chi connectivity index (χ3n) is 0.781. The van der Waals surface area contributed by atoms with Crippen LogP contribution in [0.2, 0.25) is 0 Å². The summed E-state index contributed by atoms with van der Waals surface area (Å²) in [4.78, 5) is 3.54. The van der Waals surface area contributed by atoms with E-state index in [0.29, 0.717) is 5.76 Å². The Bertz CT molecular complexity index is 133. The van der Waals surface area contributed by atoms with Crippen LogP contribution in [0.5, 0.6) is 0 Å². The Hall–Kier alpha value is -0.800. The summed E-state index contributed by atoms with van der Waals surface area (Å²) in [6.07, 6.45) is 1.49. The van der Waals surface area contributed by atoms with Crippen molar-refractivity contribution in [2.45, 2.75) is 6.61 Å². The van der Waals surface area contributed by atoms with Crippen molar-refractivity contribution >= 4 is 0 Å². The Kier molecular flexibility index (Phi) is 1.66. The van der Waals surface area contributed by atoms with Crippen LogP contribution in [0, 0.1) is 0 Å². The standard InChI is InChI=1S/C5H5O3/c6-8-4-5-2-1-3-7-5/h1-3H,4H2. The van der Waals surface area contributed by atoms with Gasteiger partial charge >= 0.3 is 0 Å². The second-order valence-electron chi connectivity index (χ2n) is 1.34. The van der Waals surface area contributed by atoms with Gasteiger partial charge in [0, 0.05) is 0 Å². The molecular formula is C5H5O3. The summed E-state index contributed by atoms with van der Waals surface area (Å²) in [6, 6.07) is 3.38. The van der Waals surface area contributed by atoms with E-state index in [9.17, 15) is 5.26 Å². The minimum Gasteiger partial charge on any atom is -0.467 e. The SMILES string of the molecule is [O]OCc1ccco1. The molecule has 1 aromatic rings. The van der Waals surface area contributed by atoms with Gasteiger partial charge in [0.2, 0.25) is 0 Å². The Morgan fingerprint density at radius 3 is 3.12 bits per heavy atom. The topological polar surface area (TPSA) is 42.3 Å². The molecule has 1 rings (SSSR count). The zero-order chi connectivity index (χ0) is 5.82. The summed E-state index contributed by atoms with van der Waals surface area (Å²) in [5, 5.41) is 9.44. The van der Waals surface area contributed by atoms with Crippen LogP contribution in [0.3, 0.4) is 0 Å². The van der Waals surface area contributed by atoms with Crippen molar-refractivity contribution in [1.29, 1.82) is 0 Å². The Morgan fingerprint density at radius 2 is 2.62 bits per heavy atom. The summed E-state index contributed by atoms with van der Waals surface area (Å²) in [5.41, 5.74) is 0. The fourth-order valence-corrected chi connectivity index (χ4v) is 0.453. The average molecular weight is 113 g/mol. The first-order valence-corrected chi connectivity index (χ1v) is 2.20. The van der Waals surface area contributed by atoms with E-state index in [1.165, 1.54) is 6.26 Å². The molecule has 0 atom stereocenters. The van der Waals surface area contributed by atoms with E-state index in [1.54, 1.807) is 12.1 Å². The second-order valence-corrected chi connectivity index (χ2v) is 1.34. The van der Waals surface area contributed by atoms with Crippen LogP contribution in [0.4, 0.5) is 0 Å². The molecule has 0 aliphatic carbocycles. The first kappa shape index (κ1) is 5.34. The number of hydrogen-bond donors (Lipinski definition) is 0. The van der Waals surface area contributed by atoms with Crippen molar-refractivity contribution in [3.05, 3.63) is 24.2 Å². The van der Waals surface area contributed by atoms with Crippen LogP contribution < -0.4 is 0 Å². The van der Waals surface area contributed by atoms with E-state index in [-0.39, 0.29) is 6.61 Å². The molecule has 0 saturated carbocycles. The first-order chi connectivity index (χ1) is 3.93. The third kappa shape index (κ3) is 1.08. The lowest BCUT2D eigenvalue weighted by atomic mass is 10.5. The van der Waals surface area contributed by atoms with Crippen LogP contribution in [-0.4, -0.2) is 0 Å². The largest absolute Gasteiger partial charge is 0.467 e. The molecule has 8 heavy (non-hydrogen) atoms. The summed E-state index contributed by atoms with van der Waals surface area (Å²) >= 11 is 0. The molecule has 0 amide bonds. The monoisotopic (exact) mass is 113 g/mol. The molecule has 3 heteroatoms. The second kappa shape index (κ2) is 2.49. The highest BCUT2D eigenvalue weighted by Gasteiger charge is 1.91. The quantitative estimate of drug-likeness (QED) is 0.426. The van der Waals surface area contributed by atoms with Crippen molar-refractivity contribution in [2.75, 3.05) is 0 Å². The predicted octanol–water partition coefficient (Wildman–Crippen LogP) is 1.14. The lowest BCUT2D eigenvalue weighted by Crippen LogP contribution is -1.80. The van der Waals surface area contributed by atoms with Gasteiger partial charge in [0.15, 0.2) is 0 Å². The van der Waals surface area contributed by atoms with Crippen LogP contribution in [-0.2, 0) is 16.8 Å². The van der Waals surface area contributed by atoms with Gasteiger partial charge in [-0.25, -0.2) is 0 Å². The lowest BCUT2D eigenvalue weighted by Gasteiger charge is -1.84. The van der Waals surface area contributed by atoms with Gasteiger partial charge in [0.1, 0.15) is 12.4 Å². The van der Waals surface area contributed by atoms with Crippen LogP contribution in [0.1, 0.15) is 5.76 Å². The lowest BCUT2D eigenvalue weighted by molar-refractivity contribution is -0.315. The molecule has 0 N–H and O–H groups in total. The van der Waals surface area contributed by atoms with E-state index >= 15 is 0 Å². The van der Waals surface area contributed by atoms with E-state index in [1.807, 2.05) is 0 Å². The van der Waals surface area contributed by atoms with Gasteiger partial charge < -0.3 is 4.42 Å². The fraction of sp³-hybridized carbons (Fsp3) is 0.200.